The molecule has 0 spiro atoms. The van der Waals surface area contributed by atoms with Crippen LogP contribution in [0.5, 0.6) is 5.75 Å². The molecule has 2 aliphatic rings. The van der Waals surface area contributed by atoms with Crippen LogP contribution in [0.4, 0.5) is 0 Å². The van der Waals surface area contributed by atoms with Gasteiger partial charge in [-0.05, 0) is 64.6 Å². The molecule has 5 nitrogen and oxygen atoms in total. The van der Waals surface area contributed by atoms with E-state index in [4.69, 9.17) is 4.42 Å². The van der Waals surface area contributed by atoms with Crippen LogP contribution in [-0.4, -0.2) is 35.8 Å². The minimum absolute atomic E-state index is 0.0285. The summed E-state index contributed by atoms with van der Waals surface area (Å²) in [6, 6.07) is 3.24. The van der Waals surface area contributed by atoms with E-state index in [1.807, 2.05) is 6.92 Å². The second kappa shape index (κ2) is 7.05. The summed E-state index contributed by atoms with van der Waals surface area (Å²) in [5, 5.41) is 14.2. The zero-order chi connectivity index (χ0) is 18.3. The van der Waals surface area contributed by atoms with Crippen molar-refractivity contribution in [3.63, 3.8) is 0 Å². The number of hydrogen-bond acceptors (Lipinski definition) is 5. The molecule has 3 heterocycles. The third-order valence-corrected chi connectivity index (χ3v) is 6.17. The fourth-order valence-corrected chi connectivity index (χ4v) is 4.50. The Kier molecular flexibility index (Phi) is 4.76. The van der Waals surface area contributed by atoms with Crippen LogP contribution in [0, 0.1) is 13.8 Å². The van der Waals surface area contributed by atoms with E-state index in [9.17, 15) is 9.90 Å². The number of phenols is 1. The highest BCUT2D eigenvalue weighted by atomic mass is 16.3. The molecule has 0 saturated carbocycles. The van der Waals surface area contributed by atoms with Crippen LogP contribution in [0.25, 0.3) is 11.0 Å². The van der Waals surface area contributed by atoms with Crippen molar-refractivity contribution in [3.05, 3.63) is 39.2 Å². The van der Waals surface area contributed by atoms with Crippen LogP contribution in [0.15, 0.2) is 21.3 Å². The lowest BCUT2D eigenvalue weighted by Crippen LogP contribution is -2.50. The van der Waals surface area contributed by atoms with E-state index in [1.165, 1.54) is 19.3 Å². The molecule has 0 aliphatic carbocycles. The molecule has 1 aromatic heterocycles. The number of piperidine rings is 2. The van der Waals surface area contributed by atoms with E-state index in [-0.39, 0.29) is 17.1 Å². The summed E-state index contributed by atoms with van der Waals surface area (Å²) in [7, 11) is 0. The number of hydrogen-bond donors (Lipinski definition) is 2. The minimum Gasteiger partial charge on any atom is -0.508 e. The summed E-state index contributed by atoms with van der Waals surface area (Å²) in [5.41, 5.74) is 1.93. The van der Waals surface area contributed by atoms with E-state index in [2.05, 4.69) is 10.2 Å². The Balaban J connectivity index is 1.60. The summed E-state index contributed by atoms with van der Waals surface area (Å²) in [6.07, 6.45) is 6.33. The molecule has 0 bridgehead atoms. The second-order valence-corrected chi connectivity index (χ2v) is 7.78. The monoisotopic (exact) mass is 356 g/mol. The van der Waals surface area contributed by atoms with Crippen molar-refractivity contribution in [2.24, 2.45) is 0 Å². The van der Waals surface area contributed by atoms with Gasteiger partial charge in [0.05, 0.1) is 11.6 Å². The van der Waals surface area contributed by atoms with Gasteiger partial charge in [-0.15, -0.1) is 0 Å². The lowest BCUT2D eigenvalue weighted by atomic mass is 9.90. The number of nitrogens with zero attached hydrogens (tertiary/aromatic N) is 1. The molecule has 0 radical (unpaired) electrons. The number of likely N-dealkylation sites (tertiary alicyclic amines) is 1. The van der Waals surface area contributed by atoms with Gasteiger partial charge in [0.25, 0.3) is 0 Å². The average Bonchev–Trinajstić information content (AvgIpc) is 2.68. The molecule has 2 fully saturated rings. The normalized spacial score (nSPS) is 22.8. The smallest absolute Gasteiger partial charge is 0.195 e. The van der Waals surface area contributed by atoms with Gasteiger partial charge in [-0.2, -0.15) is 0 Å². The minimum atomic E-state index is 0.0285. The van der Waals surface area contributed by atoms with Gasteiger partial charge in [0.15, 0.2) is 5.43 Å². The third-order valence-electron chi connectivity index (χ3n) is 6.17. The second-order valence-electron chi connectivity index (χ2n) is 7.78. The number of benzene rings is 1. The predicted molar refractivity (Wildman–Crippen MR) is 103 cm³/mol. The van der Waals surface area contributed by atoms with Crippen molar-refractivity contribution in [2.75, 3.05) is 19.6 Å². The van der Waals surface area contributed by atoms with Crippen LogP contribution < -0.4 is 10.7 Å². The van der Waals surface area contributed by atoms with Crippen molar-refractivity contribution in [2.45, 2.75) is 58.0 Å². The first-order valence-electron chi connectivity index (χ1n) is 9.79. The number of phenolic OH excluding ortho intramolecular Hbond substituents is 1. The predicted octanol–water partition coefficient (Wildman–Crippen LogP) is 3.39. The number of aryl methyl sites for hydroxylation is 1. The summed E-state index contributed by atoms with van der Waals surface area (Å²) in [4.78, 5) is 15.3. The first-order valence-corrected chi connectivity index (χ1v) is 9.79. The Hall–Kier alpha value is -1.85. The van der Waals surface area contributed by atoms with Gasteiger partial charge in [0, 0.05) is 30.1 Å². The molecule has 0 amide bonds. The molecule has 2 aliphatic heterocycles. The molecule has 2 aromatic rings. The van der Waals surface area contributed by atoms with Crippen LogP contribution in [0.2, 0.25) is 0 Å². The zero-order valence-electron chi connectivity index (χ0n) is 15.7. The van der Waals surface area contributed by atoms with Crippen molar-refractivity contribution in [1.82, 2.24) is 10.2 Å². The summed E-state index contributed by atoms with van der Waals surface area (Å²) >= 11 is 0. The van der Waals surface area contributed by atoms with Gasteiger partial charge in [-0.25, -0.2) is 0 Å². The Morgan fingerprint density at radius 1 is 1.12 bits per heavy atom. The number of fused-ring (bicyclic) bond motifs is 1. The molecule has 1 unspecified atom stereocenters. The quantitative estimate of drug-likeness (QED) is 0.863. The lowest BCUT2D eigenvalue weighted by molar-refractivity contribution is 0.103. The number of aromatic hydroxyl groups is 1. The first kappa shape index (κ1) is 17.6. The molecule has 140 valence electrons. The highest BCUT2D eigenvalue weighted by Crippen LogP contribution is 2.34. The van der Waals surface area contributed by atoms with Crippen LogP contribution in [-0.2, 0) is 0 Å². The highest BCUT2D eigenvalue weighted by molar-refractivity contribution is 5.82. The third kappa shape index (κ3) is 3.03. The summed E-state index contributed by atoms with van der Waals surface area (Å²) in [5.74, 6) is 1.26. The maximum absolute atomic E-state index is 12.8. The van der Waals surface area contributed by atoms with Crippen molar-refractivity contribution in [1.29, 1.82) is 0 Å². The first-order chi connectivity index (χ1) is 12.6. The Labute approximate surface area is 154 Å². The fourth-order valence-electron chi connectivity index (χ4n) is 4.50. The molecule has 2 saturated heterocycles. The molecule has 1 atom stereocenters. The molecule has 1 aromatic carbocycles. The van der Waals surface area contributed by atoms with Crippen molar-refractivity contribution in [3.8, 4) is 5.75 Å². The Morgan fingerprint density at radius 3 is 2.58 bits per heavy atom. The largest absolute Gasteiger partial charge is 0.508 e. The van der Waals surface area contributed by atoms with Gasteiger partial charge in [0.1, 0.15) is 17.1 Å². The molecule has 2 N–H and O–H groups in total. The lowest BCUT2D eigenvalue weighted by Gasteiger charge is -2.39. The van der Waals surface area contributed by atoms with E-state index in [0.717, 1.165) is 43.8 Å². The van der Waals surface area contributed by atoms with E-state index in [0.29, 0.717) is 22.7 Å². The number of nitrogens with one attached hydrogen (secondary N) is 1. The molecular formula is C21H28N2O3. The summed E-state index contributed by atoms with van der Waals surface area (Å²) < 4.78 is 6.21. The van der Waals surface area contributed by atoms with E-state index in [1.54, 1.807) is 19.1 Å². The van der Waals surface area contributed by atoms with Gasteiger partial charge in [-0.3, -0.25) is 9.69 Å². The fraction of sp³-hybridized carbons (Fsp3) is 0.571. The molecule has 26 heavy (non-hydrogen) atoms. The molecule has 5 heteroatoms. The van der Waals surface area contributed by atoms with Crippen LogP contribution in [0.3, 0.4) is 0 Å². The maximum Gasteiger partial charge on any atom is 0.195 e. The topological polar surface area (TPSA) is 65.7 Å². The van der Waals surface area contributed by atoms with Gasteiger partial charge in [0.2, 0.25) is 0 Å². The van der Waals surface area contributed by atoms with Gasteiger partial charge < -0.3 is 14.8 Å². The highest BCUT2D eigenvalue weighted by Gasteiger charge is 2.29. The van der Waals surface area contributed by atoms with E-state index >= 15 is 0 Å². The van der Waals surface area contributed by atoms with Gasteiger partial charge >= 0.3 is 0 Å². The van der Waals surface area contributed by atoms with Crippen molar-refractivity contribution >= 4 is 11.0 Å². The zero-order valence-corrected chi connectivity index (χ0v) is 15.7. The SMILES string of the molecule is Cc1c(C2CCN(C3CCCCN3)CC2)oc2c(C)c(O)ccc2c1=O. The Morgan fingerprint density at radius 2 is 1.88 bits per heavy atom. The maximum atomic E-state index is 12.8. The van der Waals surface area contributed by atoms with Crippen LogP contribution in [0.1, 0.15) is 54.9 Å². The van der Waals surface area contributed by atoms with E-state index < -0.39 is 0 Å². The summed E-state index contributed by atoms with van der Waals surface area (Å²) in [6.45, 7) is 6.85. The Bertz CT molecular complexity index is 860. The van der Waals surface area contributed by atoms with Gasteiger partial charge in [-0.1, -0.05) is 0 Å². The van der Waals surface area contributed by atoms with Crippen LogP contribution >= 0.6 is 0 Å². The molecule has 4 rings (SSSR count). The molecular weight excluding hydrogens is 328 g/mol. The average molecular weight is 356 g/mol. The standard InChI is InChI=1S/C21H28N2O3/c1-13-17(24)7-6-16-19(25)14(2)20(26-21(13)16)15-8-11-23(12-9-15)18-5-3-4-10-22-18/h6-7,15,18,22,24H,3-5,8-12H2,1-2H3. The number of rotatable bonds is 2. The van der Waals surface area contributed by atoms with Crippen molar-refractivity contribution < 1.29 is 9.52 Å².